The summed E-state index contributed by atoms with van der Waals surface area (Å²) in [6, 6.07) is 12.4. The third-order valence-electron chi connectivity index (χ3n) is 4.77. The van der Waals surface area contributed by atoms with Crippen molar-refractivity contribution in [2.24, 2.45) is 0 Å². The summed E-state index contributed by atoms with van der Waals surface area (Å²) >= 11 is 0. The van der Waals surface area contributed by atoms with Crippen LogP contribution in [0.3, 0.4) is 0 Å². The Morgan fingerprint density at radius 1 is 0.968 bits per heavy atom. The first-order chi connectivity index (χ1) is 14.7. The van der Waals surface area contributed by atoms with Crippen molar-refractivity contribution in [3.63, 3.8) is 0 Å². The van der Waals surface area contributed by atoms with E-state index < -0.39 is 39.2 Å². The second-order valence-electron chi connectivity index (χ2n) is 6.70. The number of carbonyl (C=O) groups excluding carboxylic acids is 2. The molecule has 0 aliphatic rings. The Morgan fingerprint density at radius 2 is 1.61 bits per heavy atom. The smallest absolute Gasteiger partial charge is 0.338 e. The summed E-state index contributed by atoms with van der Waals surface area (Å²) in [4.78, 5) is 25.8. The van der Waals surface area contributed by atoms with E-state index in [1.807, 2.05) is 37.3 Å². The molecule has 0 heterocycles. The Morgan fingerprint density at radius 3 is 2.19 bits per heavy atom. The molecule has 9 heteroatoms. The molecule has 31 heavy (non-hydrogen) atoms. The Balaban J connectivity index is 2.11. The van der Waals surface area contributed by atoms with Crippen LogP contribution in [0.2, 0.25) is 0 Å². The van der Waals surface area contributed by atoms with E-state index in [9.17, 15) is 22.4 Å². The van der Waals surface area contributed by atoms with Gasteiger partial charge in [-0.25, -0.2) is 17.6 Å². The van der Waals surface area contributed by atoms with E-state index >= 15 is 0 Å². The van der Waals surface area contributed by atoms with Crippen molar-refractivity contribution in [3.05, 3.63) is 65.5 Å². The zero-order chi connectivity index (χ0) is 23.0. The minimum absolute atomic E-state index is 0.147. The lowest BCUT2D eigenvalue weighted by atomic mass is 10.2. The zero-order valence-corrected chi connectivity index (χ0v) is 18.7. The largest absolute Gasteiger partial charge is 0.452 e. The van der Waals surface area contributed by atoms with E-state index in [0.29, 0.717) is 13.1 Å². The lowest BCUT2D eigenvalue weighted by Gasteiger charge is -2.21. The van der Waals surface area contributed by atoms with Crippen LogP contribution in [0.5, 0.6) is 0 Å². The number of hydrogen-bond acceptors (Lipinski definition) is 5. The summed E-state index contributed by atoms with van der Waals surface area (Å²) in [6.45, 7) is 5.70. The molecule has 0 N–H and O–H groups in total. The third kappa shape index (κ3) is 6.11. The van der Waals surface area contributed by atoms with E-state index in [0.717, 1.165) is 28.1 Å². The molecule has 2 aromatic carbocycles. The molecule has 7 nitrogen and oxygen atoms in total. The van der Waals surface area contributed by atoms with Crippen molar-refractivity contribution < 1.29 is 27.1 Å². The van der Waals surface area contributed by atoms with Gasteiger partial charge in [-0.15, -0.1) is 0 Å². The number of rotatable bonds is 10. The second-order valence-corrected chi connectivity index (χ2v) is 8.61. The molecule has 0 saturated heterocycles. The molecular formula is C22H27FN2O5S. The Bertz CT molecular complexity index is 1010. The van der Waals surface area contributed by atoms with Gasteiger partial charge in [0.15, 0.2) is 6.61 Å². The number of benzene rings is 2. The number of sulfonamides is 1. The van der Waals surface area contributed by atoms with Gasteiger partial charge in [0, 0.05) is 26.2 Å². The molecule has 0 aromatic heterocycles. The van der Waals surface area contributed by atoms with Gasteiger partial charge in [0.2, 0.25) is 10.0 Å². The van der Waals surface area contributed by atoms with Gasteiger partial charge in [-0.3, -0.25) is 4.79 Å². The molecule has 2 rings (SSSR count). The molecule has 0 aliphatic heterocycles. The molecule has 0 fully saturated rings. The predicted octanol–water partition coefficient (Wildman–Crippen LogP) is 3.06. The minimum Gasteiger partial charge on any atom is -0.452 e. The molecule has 0 saturated carbocycles. The van der Waals surface area contributed by atoms with Crippen molar-refractivity contribution in [3.8, 4) is 0 Å². The van der Waals surface area contributed by atoms with Crippen LogP contribution in [-0.4, -0.2) is 55.7 Å². The minimum atomic E-state index is -4.10. The van der Waals surface area contributed by atoms with Crippen molar-refractivity contribution in [2.45, 2.75) is 32.2 Å². The monoisotopic (exact) mass is 450 g/mol. The van der Waals surface area contributed by atoms with Gasteiger partial charge in [-0.1, -0.05) is 44.2 Å². The Hall–Kier alpha value is -2.78. The summed E-state index contributed by atoms with van der Waals surface area (Å²) < 4.78 is 45.6. The fraction of sp³-hybridized carbons (Fsp3) is 0.364. The van der Waals surface area contributed by atoms with E-state index in [-0.39, 0.29) is 18.7 Å². The summed E-state index contributed by atoms with van der Waals surface area (Å²) in [6.07, 6.45) is 0. The second kappa shape index (κ2) is 11.0. The topological polar surface area (TPSA) is 84.0 Å². The molecule has 0 unspecified atom stereocenters. The summed E-state index contributed by atoms with van der Waals surface area (Å²) in [5, 5.41) is 0. The third-order valence-corrected chi connectivity index (χ3v) is 6.83. The number of hydrogen-bond donors (Lipinski definition) is 0. The van der Waals surface area contributed by atoms with Gasteiger partial charge in [0.25, 0.3) is 5.91 Å². The van der Waals surface area contributed by atoms with Crippen LogP contribution in [-0.2, 0) is 26.1 Å². The van der Waals surface area contributed by atoms with Gasteiger partial charge in [0.1, 0.15) is 10.7 Å². The predicted molar refractivity (Wildman–Crippen MR) is 114 cm³/mol. The molecule has 168 valence electrons. The standard InChI is InChI=1S/C22H27FN2O5S/c1-4-24(15-17-10-8-7-9-11-17)21(26)16-30-22(27)18-12-13-19(23)20(14-18)31(28,29)25(5-2)6-3/h7-14H,4-6,15-16H2,1-3H3. The Kier molecular flexibility index (Phi) is 8.70. The van der Waals surface area contributed by atoms with E-state index in [1.54, 1.807) is 13.8 Å². The molecule has 0 spiro atoms. The van der Waals surface area contributed by atoms with Crippen LogP contribution in [0.1, 0.15) is 36.7 Å². The molecule has 0 aliphatic carbocycles. The fourth-order valence-electron chi connectivity index (χ4n) is 3.01. The fourth-order valence-corrected chi connectivity index (χ4v) is 4.56. The maximum absolute atomic E-state index is 14.2. The first kappa shape index (κ1) is 24.5. The van der Waals surface area contributed by atoms with Crippen molar-refractivity contribution in [2.75, 3.05) is 26.2 Å². The number of amides is 1. The number of carbonyl (C=O) groups is 2. The molecule has 0 bridgehead atoms. The molecule has 0 atom stereocenters. The van der Waals surface area contributed by atoms with Crippen molar-refractivity contribution in [1.29, 1.82) is 0 Å². The highest BCUT2D eigenvalue weighted by molar-refractivity contribution is 7.89. The van der Waals surface area contributed by atoms with Crippen LogP contribution >= 0.6 is 0 Å². The van der Waals surface area contributed by atoms with Gasteiger partial charge in [-0.05, 0) is 30.7 Å². The number of esters is 1. The van der Waals surface area contributed by atoms with Crippen LogP contribution < -0.4 is 0 Å². The van der Waals surface area contributed by atoms with Gasteiger partial charge < -0.3 is 9.64 Å². The number of nitrogens with zero attached hydrogens (tertiary/aromatic N) is 2. The number of likely N-dealkylation sites (N-methyl/N-ethyl adjacent to an activating group) is 1. The number of halogens is 1. The highest BCUT2D eigenvalue weighted by Gasteiger charge is 2.27. The first-order valence-electron chi connectivity index (χ1n) is 10.0. The maximum Gasteiger partial charge on any atom is 0.338 e. The first-order valence-corrected chi connectivity index (χ1v) is 11.5. The average molecular weight is 451 g/mol. The lowest BCUT2D eigenvalue weighted by Crippen LogP contribution is -2.34. The van der Waals surface area contributed by atoms with E-state index in [2.05, 4.69) is 0 Å². The van der Waals surface area contributed by atoms with Crippen molar-refractivity contribution >= 4 is 21.9 Å². The highest BCUT2D eigenvalue weighted by atomic mass is 32.2. The van der Waals surface area contributed by atoms with Gasteiger partial charge >= 0.3 is 5.97 Å². The molecule has 2 aromatic rings. The summed E-state index contributed by atoms with van der Waals surface area (Å²) in [5.41, 5.74) is 0.792. The van der Waals surface area contributed by atoms with Crippen molar-refractivity contribution in [1.82, 2.24) is 9.21 Å². The Labute approximate surface area is 182 Å². The van der Waals surface area contributed by atoms with Gasteiger partial charge in [0.05, 0.1) is 5.56 Å². The summed E-state index contributed by atoms with van der Waals surface area (Å²) in [7, 11) is -4.10. The normalized spacial score (nSPS) is 11.4. The van der Waals surface area contributed by atoms with Crippen LogP contribution in [0, 0.1) is 5.82 Å². The quantitative estimate of drug-likeness (QED) is 0.520. The van der Waals surface area contributed by atoms with Crippen LogP contribution in [0.4, 0.5) is 4.39 Å². The average Bonchev–Trinajstić information content (AvgIpc) is 2.77. The lowest BCUT2D eigenvalue weighted by molar-refractivity contribution is -0.134. The summed E-state index contributed by atoms with van der Waals surface area (Å²) in [5.74, 6) is -2.25. The maximum atomic E-state index is 14.2. The highest BCUT2D eigenvalue weighted by Crippen LogP contribution is 2.21. The molecular weight excluding hydrogens is 423 g/mol. The number of ether oxygens (including phenoxy) is 1. The molecule has 0 radical (unpaired) electrons. The van der Waals surface area contributed by atoms with E-state index in [4.69, 9.17) is 4.74 Å². The van der Waals surface area contributed by atoms with E-state index in [1.165, 1.54) is 4.90 Å². The van der Waals surface area contributed by atoms with Crippen LogP contribution in [0.25, 0.3) is 0 Å². The SMILES string of the molecule is CCN(Cc1ccccc1)C(=O)COC(=O)c1ccc(F)c(S(=O)(=O)N(CC)CC)c1. The molecule has 1 amide bonds. The zero-order valence-electron chi connectivity index (χ0n) is 17.9. The van der Waals surface area contributed by atoms with Gasteiger partial charge in [-0.2, -0.15) is 4.31 Å². The van der Waals surface area contributed by atoms with Crippen LogP contribution in [0.15, 0.2) is 53.4 Å².